The largest absolute Gasteiger partial charge is 0.370 e. The molecule has 0 N–H and O–H groups in total. The van der Waals surface area contributed by atoms with Crippen LogP contribution in [0.5, 0.6) is 0 Å². The first-order valence-corrected chi connectivity index (χ1v) is 3.93. The van der Waals surface area contributed by atoms with Gasteiger partial charge in [-0.1, -0.05) is 0 Å². The molecule has 1 nitrogen and oxygen atoms in total. The second kappa shape index (κ2) is 1.73. The van der Waals surface area contributed by atoms with Crippen molar-refractivity contribution in [2.24, 2.45) is 5.92 Å². The molecule has 0 aromatic heterocycles. The van der Waals surface area contributed by atoms with E-state index >= 15 is 0 Å². The predicted molar refractivity (Wildman–Crippen MR) is 36.6 cm³/mol. The molecule has 10 heavy (non-hydrogen) atoms. The van der Waals surface area contributed by atoms with E-state index in [1.54, 1.807) is 6.92 Å². The normalized spacial score (nSPS) is 59.7. The summed E-state index contributed by atoms with van der Waals surface area (Å²) in [6, 6.07) is 0. The van der Waals surface area contributed by atoms with E-state index in [9.17, 15) is 4.39 Å². The molecule has 1 aliphatic carbocycles. The maximum Gasteiger partial charge on any atom is 0.109 e. The van der Waals surface area contributed by atoms with Gasteiger partial charge in [0.25, 0.3) is 0 Å². The van der Waals surface area contributed by atoms with Crippen LogP contribution in [0.1, 0.15) is 26.7 Å². The van der Waals surface area contributed by atoms with E-state index in [1.165, 1.54) is 0 Å². The Kier molecular flexibility index (Phi) is 1.14. The minimum Gasteiger partial charge on any atom is -0.370 e. The molecular weight excluding hydrogens is 131 g/mol. The van der Waals surface area contributed by atoms with Gasteiger partial charge in [0.05, 0.1) is 12.2 Å². The summed E-state index contributed by atoms with van der Waals surface area (Å²) in [5.41, 5.74) is -0.879. The maximum absolute atomic E-state index is 12.9. The standard InChI is InChI=1S/C8H13FO/c1-5-7(10-5)6-3-8(2,9)4-6/h5-7H,3-4H2,1-2H3. The summed E-state index contributed by atoms with van der Waals surface area (Å²) in [7, 11) is 0. The Morgan fingerprint density at radius 2 is 2.00 bits per heavy atom. The van der Waals surface area contributed by atoms with Crippen molar-refractivity contribution >= 4 is 0 Å². The molecule has 1 heterocycles. The summed E-state index contributed by atoms with van der Waals surface area (Å²) in [5.74, 6) is 0.519. The van der Waals surface area contributed by atoms with Crippen LogP contribution in [0.2, 0.25) is 0 Å². The van der Waals surface area contributed by atoms with E-state index in [0.29, 0.717) is 31.0 Å². The molecule has 2 atom stereocenters. The van der Waals surface area contributed by atoms with E-state index < -0.39 is 5.67 Å². The molecule has 2 aliphatic rings. The van der Waals surface area contributed by atoms with Crippen LogP contribution in [0, 0.1) is 5.92 Å². The second-order valence-electron chi connectivity index (χ2n) is 3.89. The zero-order valence-electron chi connectivity index (χ0n) is 6.43. The van der Waals surface area contributed by atoms with E-state index in [2.05, 4.69) is 6.92 Å². The molecule has 1 saturated heterocycles. The van der Waals surface area contributed by atoms with E-state index in [0.717, 1.165) is 0 Å². The highest BCUT2D eigenvalue weighted by molar-refractivity contribution is 5.00. The van der Waals surface area contributed by atoms with Crippen LogP contribution in [0.3, 0.4) is 0 Å². The molecule has 58 valence electrons. The Hall–Kier alpha value is -0.110. The van der Waals surface area contributed by atoms with Crippen LogP contribution < -0.4 is 0 Å². The zero-order valence-corrected chi connectivity index (χ0v) is 6.43. The lowest BCUT2D eigenvalue weighted by molar-refractivity contribution is 0.0116. The first-order chi connectivity index (χ1) is 4.58. The van der Waals surface area contributed by atoms with E-state index in [1.807, 2.05) is 0 Å². The molecule has 2 fully saturated rings. The van der Waals surface area contributed by atoms with Crippen LogP contribution in [0.25, 0.3) is 0 Å². The van der Waals surface area contributed by atoms with Gasteiger partial charge in [-0.15, -0.1) is 0 Å². The number of rotatable bonds is 1. The van der Waals surface area contributed by atoms with E-state index in [-0.39, 0.29) is 0 Å². The van der Waals surface area contributed by atoms with Gasteiger partial charge in [-0.3, -0.25) is 0 Å². The van der Waals surface area contributed by atoms with Gasteiger partial charge >= 0.3 is 0 Å². The van der Waals surface area contributed by atoms with Crippen molar-refractivity contribution in [2.75, 3.05) is 0 Å². The number of epoxide rings is 1. The third kappa shape index (κ3) is 0.947. The lowest BCUT2D eigenvalue weighted by Gasteiger charge is -2.37. The summed E-state index contributed by atoms with van der Waals surface area (Å²) < 4.78 is 18.2. The quantitative estimate of drug-likeness (QED) is 0.512. The second-order valence-corrected chi connectivity index (χ2v) is 3.89. The molecule has 0 amide bonds. The Balaban J connectivity index is 1.81. The molecule has 1 saturated carbocycles. The number of ether oxygens (including phenoxy) is 1. The summed E-state index contributed by atoms with van der Waals surface area (Å²) in [5, 5.41) is 0. The average Bonchev–Trinajstić information content (AvgIpc) is 2.40. The lowest BCUT2D eigenvalue weighted by atomic mass is 9.71. The monoisotopic (exact) mass is 144 g/mol. The van der Waals surface area contributed by atoms with Crippen molar-refractivity contribution in [3.63, 3.8) is 0 Å². The van der Waals surface area contributed by atoms with Gasteiger partial charge in [-0.05, 0) is 32.6 Å². The summed E-state index contributed by atoms with van der Waals surface area (Å²) in [6.45, 7) is 3.73. The Labute approximate surface area is 60.6 Å². The van der Waals surface area contributed by atoms with Crippen LogP contribution in [0.15, 0.2) is 0 Å². The molecular formula is C8H13FO. The third-order valence-electron chi connectivity index (χ3n) is 2.60. The highest BCUT2D eigenvalue weighted by Crippen LogP contribution is 2.48. The first kappa shape index (κ1) is 6.59. The van der Waals surface area contributed by atoms with Crippen LogP contribution in [-0.4, -0.2) is 17.9 Å². The van der Waals surface area contributed by atoms with E-state index in [4.69, 9.17) is 4.74 Å². The number of halogens is 1. The zero-order chi connectivity index (χ0) is 7.35. The van der Waals surface area contributed by atoms with Crippen LogP contribution in [0.4, 0.5) is 4.39 Å². The van der Waals surface area contributed by atoms with Gasteiger partial charge < -0.3 is 4.74 Å². The molecule has 1 aliphatic heterocycles. The minimum atomic E-state index is -0.879. The van der Waals surface area contributed by atoms with Gasteiger partial charge in [0.15, 0.2) is 0 Å². The third-order valence-corrected chi connectivity index (χ3v) is 2.60. The highest BCUT2D eigenvalue weighted by Gasteiger charge is 2.52. The highest BCUT2D eigenvalue weighted by atomic mass is 19.1. The molecule has 0 spiro atoms. The lowest BCUT2D eigenvalue weighted by Crippen LogP contribution is -2.39. The summed E-state index contributed by atoms with van der Waals surface area (Å²) in [6.07, 6.45) is 2.22. The maximum atomic E-state index is 12.9. The Bertz CT molecular complexity index is 147. The first-order valence-electron chi connectivity index (χ1n) is 3.93. The molecule has 0 bridgehead atoms. The van der Waals surface area contributed by atoms with Crippen molar-refractivity contribution < 1.29 is 9.13 Å². The van der Waals surface area contributed by atoms with Crippen LogP contribution in [-0.2, 0) is 4.74 Å². The number of hydrogen-bond acceptors (Lipinski definition) is 1. The molecule has 0 aromatic rings. The molecule has 2 heteroatoms. The van der Waals surface area contributed by atoms with Crippen molar-refractivity contribution in [3.05, 3.63) is 0 Å². The van der Waals surface area contributed by atoms with Gasteiger partial charge in [-0.25, -0.2) is 4.39 Å². The van der Waals surface area contributed by atoms with Gasteiger partial charge in [0, 0.05) is 0 Å². The van der Waals surface area contributed by atoms with Crippen molar-refractivity contribution in [1.29, 1.82) is 0 Å². The number of alkyl halides is 1. The predicted octanol–water partition coefficient (Wildman–Crippen LogP) is 1.91. The minimum absolute atomic E-state index is 0.392. The van der Waals surface area contributed by atoms with Gasteiger partial charge in [-0.2, -0.15) is 0 Å². The van der Waals surface area contributed by atoms with Gasteiger partial charge in [0.2, 0.25) is 0 Å². The topological polar surface area (TPSA) is 12.5 Å². The summed E-state index contributed by atoms with van der Waals surface area (Å²) >= 11 is 0. The molecule has 2 unspecified atom stereocenters. The molecule has 0 radical (unpaired) electrons. The van der Waals surface area contributed by atoms with Crippen molar-refractivity contribution in [3.8, 4) is 0 Å². The molecule has 2 rings (SSSR count). The Morgan fingerprint density at radius 1 is 1.50 bits per heavy atom. The van der Waals surface area contributed by atoms with Gasteiger partial charge in [0.1, 0.15) is 5.67 Å². The summed E-state index contributed by atoms with van der Waals surface area (Å²) in [4.78, 5) is 0. The number of hydrogen-bond donors (Lipinski definition) is 0. The smallest absolute Gasteiger partial charge is 0.109 e. The van der Waals surface area contributed by atoms with Crippen molar-refractivity contribution in [2.45, 2.75) is 44.6 Å². The average molecular weight is 144 g/mol. The SMILES string of the molecule is CC1OC1C1CC(C)(F)C1. The fourth-order valence-electron chi connectivity index (χ4n) is 1.96. The van der Waals surface area contributed by atoms with Crippen LogP contribution >= 0.6 is 0 Å². The fraction of sp³-hybridized carbons (Fsp3) is 1.00. The van der Waals surface area contributed by atoms with Crippen molar-refractivity contribution in [1.82, 2.24) is 0 Å². The Morgan fingerprint density at radius 3 is 2.30 bits per heavy atom. The fourth-order valence-corrected chi connectivity index (χ4v) is 1.96. The molecule has 0 aromatic carbocycles.